The fourth-order valence-corrected chi connectivity index (χ4v) is 4.17. The lowest BCUT2D eigenvalue weighted by molar-refractivity contribution is -0.385. The number of nitrogens with one attached hydrogen (secondary N) is 2. The van der Waals surface area contributed by atoms with Gasteiger partial charge in [0.1, 0.15) is 11.2 Å². The van der Waals surface area contributed by atoms with Crippen LogP contribution in [0.5, 0.6) is 0 Å². The number of aromatic nitrogens is 2. The summed E-state index contributed by atoms with van der Waals surface area (Å²) in [5.41, 5.74) is 0.573. The number of carbonyl (C=O) groups excluding carboxylic acids is 2. The summed E-state index contributed by atoms with van der Waals surface area (Å²) >= 11 is 1.32. The van der Waals surface area contributed by atoms with Crippen LogP contribution in [0, 0.1) is 10.1 Å². The molecule has 2 aromatic heterocycles. The van der Waals surface area contributed by atoms with Crippen LogP contribution in [0.1, 0.15) is 50.5 Å². The predicted molar refractivity (Wildman–Crippen MR) is 90.1 cm³/mol. The van der Waals surface area contributed by atoms with Crippen LogP contribution in [0.25, 0.3) is 0 Å². The SMILES string of the molecule is COC(=O)c1c(NC(=O)c2[nH]ncc2[N+](=O)[O-])sc2c1CCCCC2. The van der Waals surface area contributed by atoms with Gasteiger partial charge in [0.05, 0.1) is 17.6 Å². The average Bonchev–Trinajstić information content (AvgIpc) is 3.14. The van der Waals surface area contributed by atoms with Crippen molar-refractivity contribution in [1.29, 1.82) is 0 Å². The number of anilines is 1. The zero-order valence-corrected chi connectivity index (χ0v) is 14.3. The number of amides is 1. The average molecular weight is 364 g/mol. The van der Waals surface area contributed by atoms with E-state index in [0.717, 1.165) is 48.7 Å². The third-order valence-electron chi connectivity index (χ3n) is 4.08. The minimum absolute atomic E-state index is 0.260. The van der Waals surface area contributed by atoms with Crippen molar-refractivity contribution in [2.75, 3.05) is 12.4 Å². The second-order valence-electron chi connectivity index (χ2n) is 5.60. The summed E-state index contributed by atoms with van der Waals surface area (Å²) < 4.78 is 4.86. The van der Waals surface area contributed by atoms with Gasteiger partial charge in [-0.1, -0.05) is 6.42 Å². The Bertz CT molecular complexity index is 841. The summed E-state index contributed by atoms with van der Waals surface area (Å²) in [5, 5.41) is 19.8. The van der Waals surface area contributed by atoms with Crippen LogP contribution in [0.15, 0.2) is 6.20 Å². The monoisotopic (exact) mass is 364 g/mol. The van der Waals surface area contributed by atoms with Crippen LogP contribution in [-0.2, 0) is 17.6 Å². The number of ether oxygens (including phenoxy) is 1. The minimum atomic E-state index is -0.717. The van der Waals surface area contributed by atoms with Gasteiger partial charge in [-0.2, -0.15) is 5.10 Å². The maximum atomic E-state index is 12.4. The normalized spacial score (nSPS) is 13.6. The molecule has 2 N–H and O–H groups in total. The molecule has 0 bridgehead atoms. The lowest BCUT2D eigenvalue weighted by Gasteiger charge is -2.06. The molecule has 0 aliphatic heterocycles. The second-order valence-corrected chi connectivity index (χ2v) is 6.71. The molecule has 9 nitrogen and oxygen atoms in total. The van der Waals surface area contributed by atoms with Crippen molar-refractivity contribution in [1.82, 2.24) is 10.2 Å². The van der Waals surface area contributed by atoms with Gasteiger partial charge in [0.15, 0.2) is 0 Å². The van der Waals surface area contributed by atoms with Crippen LogP contribution in [-0.4, -0.2) is 34.1 Å². The lowest BCUT2D eigenvalue weighted by atomic mass is 10.1. The Hall–Kier alpha value is -2.75. The fraction of sp³-hybridized carbons (Fsp3) is 0.400. The first-order chi connectivity index (χ1) is 12.0. The maximum Gasteiger partial charge on any atom is 0.341 e. The van der Waals surface area contributed by atoms with E-state index in [-0.39, 0.29) is 5.69 Å². The molecule has 2 aromatic rings. The molecule has 1 aliphatic rings. The summed E-state index contributed by atoms with van der Waals surface area (Å²) in [6, 6.07) is 0. The first kappa shape index (κ1) is 17.1. The molecule has 0 spiro atoms. The molecule has 0 atom stereocenters. The molecule has 3 rings (SSSR count). The molecule has 10 heteroatoms. The topological polar surface area (TPSA) is 127 Å². The van der Waals surface area contributed by atoms with Crippen LogP contribution in [0.2, 0.25) is 0 Å². The van der Waals surface area contributed by atoms with Crippen molar-refractivity contribution < 1.29 is 19.2 Å². The van der Waals surface area contributed by atoms with Crippen LogP contribution >= 0.6 is 11.3 Å². The third-order valence-corrected chi connectivity index (χ3v) is 5.29. The van der Waals surface area contributed by atoms with E-state index in [0.29, 0.717) is 10.6 Å². The number of esters is 1. The number of nitrogens with zero attached hydrogens (tertiary/aromatic N) is 2. The Labute approximate surface area is 146 Å². The zero-order chi connectivity index (χ0) is 18.0. The van der Waals surface area contributed by atoms with E-state index in [1.165, 1.54) is 18.4 Å². The molecule has 25 heavy (non-hydrogen) atoms. The Morgan fingerprint density at radius 3 is 2.84 bits per heavy atom. The Kier molecular flexibility index (Phi) is 4.79. The number of methoxy groups -OCH3 is 1. The highest BCUT2D eigenvalue weighted by molar-refractivity contribution is 7.17. The molecule has 1 amide bonds. The van der Waals surface area contributed by atoms with Gasteiger partial charge >= 0.3 is 11.7 Å². The van der Waals surface area contributed by atoms with E-state index in [1.807, 2.05) is 0 Å². The molecule has 2 heterocycles. The highest BCUT2D eigenvalue weighted by atomic mass is 32.1. The van der Waals surface area contributed by atoms with Crippen LogP contribution in [0.4, 0.5) is 10.7 Å². The molecule has 1 aliphatic carbocycles. The molecular weight excluding hydrogens is 348 g/mol. The fourth-order valence-electron chi connectivity index (χ4n) is 2.90. The molecule has 0 radical (unpaired) electrons. The van der Waals surface area contributed by atoms with Crippen LogP contribution < -0.4 is 5.32 Å². The summed E-state index contributed by atoms with van der Waals surface area (Å²) in [4.78, 5) is 35.9. The molecular formula is C15H16N4O5S. The number of carbonyl (C=O) groups is 2. The van der Waals surface area contributed by atoms with Crippen molar-refractivity contribution in [3.63, 3.8) is 0 Å². The number of fused-ring (bicyclic) bond motifs is 1. The third kappa shape index (κ3) is 3.25. The number of aryl methyl sites for hydroxylation is 1. The van der Waals surface area contributed by atoms with E-state index in [9.17, 15) is 19.7 Å². The smallest absolute Gasteiger partial charge is 0.341 e. The number of aromatic amines is 1. The van der Waals surface area contributed by atoms with Crippen molar-refractivity contribution >= 4 is 33.9 Å². The van der Waals surface area contributed by atoms with E-state index < -0.39 is 22.5 Å². The minimum Gasteiger partial charge on any atom is -0.465 e. The number of nitro groups is 1. The van der Waals surface area contributed by atoms with Crippen molar-refractivity contribution in [3.05, 3.63) is 38.0 Å². The number of rotatable bonds is 4. The molecule has 0 saturated carbocycles. The molecule has 0 aromatic carbocycles. The summed E-state index contributed by atoms with van der Waals surface area (Å²) in [5.74, 6) is -1.24. The zero-order valence-electron chi connectivity index (χ0n) is 13.5. The standard InChI is InChI=1S/C15H16N4O5S/c1-24-15(21)11-8-5-3-2-4-6-10(8)25-14(11)17-13(20)12-9(19(22)23)7-16-18-12/h7H,2-6H2,1H3,(H,16,18)(H,17,20). The van der Waals surface area contributed by atoms with Gasteiger partial charge in [-0.05, 0) is 31.2 Å². The van der Waals surface area contributed by atoms with Crippen molar-refractivity contribution in [2.24, 2.45) is 0 Å². The quantitative estimate of drug-likeness (QED) is 0.372. The van der Waals surface area contributed by atoms with Crippen LogP contribution in [0.3, 0.4) is 0 Å². The largest absolute Gasteiger partial charge is 0.465 e. The Balaban J connectivity index is 1.96. The predicted octanol–water partition coefficient (Wildman–Crippen LogP) is 2.69. The first-order valence-corrected chi connectivity index (χ1v) is 8.56. The van der Waals surface area contributed by atoms with Gasteiger partial charge in [-0.15, -0.1) is 11.3 Å². The van der Waals surface area contributed by atoms with Gasteiger partial charge in [0.25, 0.3) is 5.91 Å². The molecule has 0 unspecified atom stereocenters. The van der Waals surface area contributed by atoms with Crippen molar-refractivity contribution in [3.8, 4) is 0 Å². The summed E-state index contributed by atoms with van der Waals surface area (Å²) in [6.45, 7) is 0. The highest BCUT2D eigenvalue weighted by Crippen LogP contribution is 2.38. The van der Waals surface area contributed by atoms with E-state index >= 15 is 0 Å². The molecule has 132 valence electrons. The Morgan fingerprint density at radius 1 is 1.36 bits per heavy atom. The van der Waals surface area contributed by atoms with Gasteiger partial charge in [-0.25, -0.2) is 4.79 Å². The maximum absolute atomic E-state index is 12.4. The van der Waals surface area contributed by atoms with Gasteiger partial charge in [0.2, 0.25) is 5.69 Å². The number of hydrogen-bond acceptors (Lipinski definition) is 7. The highest BCUT2D eigenvalue weighted by Gasteiger charge is 2.29. The molecule has 0 saturated heterocycles. The van der Waals surface area contributed by atoms with E-state index in [1.54, 1.807) is 0 Å². The number of H-pyrrole nitrogens is 1. The second kappa shape index (κ2) is 7.01. The van der Waals surface area contributed by atoms with Gasteiger partial charge in [0, 0.05) is 4.88 Å². The molecule has 0 fully saturated rings. The summed E-state index contributed by atoms with van der Waals surface area (Å²) in [6.07, 6.45) is 5.63. The number of hydrogen-bond donors (Lipinski definition) is 2. The lowest BCUT2D eigenvalue weighted by Crippen LogP contribution is -2.16. The van der Waals surface area contributed by atoms with E-state index in [4.69, 9.17) is 4.74 Å². The van der Waals surface area contributed by atoms with Gasteiger partial charge < -0.3 is 10.1 Å². The number of thiophene rings is 1. The Morgan fingerprint density at radius 2 is 2.12 bits per heavy atom. The summed E-state index contributed by atoms with van der Waals surface area (Å²) in [7, 11) is 1.29. The van der Waals surface area contributed by atoms with Gasteiger partial charge in [-0.3, -0.25) is 20.0 Å². The van der Waals surface area contributed by atoms with Crippen molar-refractivity contribution in [2.45, 2.75) is 32.1 Å². The first-order valence-electron chi connectivity index (χ1n) is 7.75. The van der Waals surface area contributed by atoms with E-state index in [2.05, 4.69) is 15.5 Å².